The molecule has 4 aliphatic carbocycles. The highest BCUT2D eigenvalue weighted by Crippen LogP contribution is 2.69. The van der Waals surface area contributed by atoms with Gasteiger partial charge in [0, 0.05) is 0 Å². The first-order valence-electron chi connectivity index (χ1n) is 15.3. The number of carboxylic acids is 1. The molecule has 1 unspecified atom stereocenters. The first kappa shape index (κ1) is 27.0. The third-order valence-corrected chi connectivity index (χ3v) is 12.0. The second-order valence-electron chi connectivity index (χ2n) is 14.2. The van der Waals surface area contributed by atoms with Gasteiger partial charge in [0.15, 0.2) is 0 Å². The molecule has 0 radical (unpaired) electrons. The van der Waals surface area contributed by atoms with Crippen molar-refractivity contribution in [2.75, 3.05) is 0 Å². The average Bonchev–Trinajstić information content (AvgIpc) is 3.21. The van der Waals surface area contributed by atoms with Crippen molar-refractivity contribution >= 4 is 5.97 Å². The SMILES string of the molecule is CC(C)CCC[C@@H](C)[C@H]1CC[C@H]2[C@@H]3CC=C4C[C@@H](O)CC(c5ccccc5C(=O)O)[C@]4(C)[C@H]3CC[C@]12C. The fraction of sp³-hybridized carbons (Fsp3) is 0.735. The summed E-state index contributed by atoms with van der Waals surface area (Å²) >= 11 is 0. The van der Waals surface area contributed by atoms with Gasteiger partial charge in [-0.15, -0.1) is 0 Å². The predicted molar refractivity (Wildman–Crippen MR) is 151 cm³/mol. The lowest BCUT2D eigenvalue weighted by Gasteiger charge is -2.61. The van der Waals surface area contributed by atoms with Crippen LogP contribution < -0.4 is 0 Å². The largest absolute Gasteiger partial charge is 0.478 e. The molecular formula is C34H50O3. The number of allylic oxidation sites excluding steroid dienone is 1. The van der Waals surface area contributed by atoms with Crippen LogP contribution >= 0.6 is 0 Å². The van der Waals surface area contributed by atoms with E-state index in [-0.39, 0.29) is 17.4 Å². The van der Waals surface area contributed by atoms with Crippen LogP contribution in [0.15, 0.2) is 35.9 Å². The van der Waals surface area contributed by atoms with Crippen molar-refractivity contribution in [1.29, 1.82) is 0 Å². The molecule has 3 nitrogen and oxygen atoms in total. The Labute approximate surface area is 225 Å². The molecular weight excluding hydrogens is 456 g/mol. The summed E-state index contributed by atoms with van der Waals surface area (Å²) in [6.45, 7) is 12.3. The van der Waals surface area contributed by atoms with E-state index in [2.05, 4.69) is 40.7 Å². The quantitative estimate of drug-likeness (QED) is 0.365. The molecule has 0 heterocycles. The Kier molecular flexibility index (Phi) is 7.42. The highest BCUT2D eigenvalue weighted by atomic mass is 16.4. The Hall–Kier alpha value is -1.61. The summed E-state index contributed by atoms with van der Waals surface area (Å²) in [5, 5.41) is 21.0. The Bertz CT molecular complexity index is 1030. The highest BCUT2D eigenvalue weighted by Gasteiger charge is 2.61. The van der Waals surface area contributed by atoms with Gasteiger partial charge in [0.1, 0.15) is 0 Å². The van der Waals surface area contributed by atoms with Crippen LogP contribution in [0.1, 0.15) is 121 Å². The number of fused-ring (bicyclic) bond motifs is 5. The molecule has 5 rings (SSSR count). The molecule has 0 aliphatic heterocycles. The Balaban J connectivity index is 1.45. The molecule has 0 bridgehead atoms. The second-order valence-corrected chi connectivity index (χ2v) is 14.2. The van der Waals surface area contributed by atoms with Gasteiger partial charge in [0.25, 0.3) is 0 Å². The zero-order valence-electron chi connectivity index (χ0n) is 23.9. The number of aromatic carboxylic acids is 1. The molecule has 9 atom stereocenters. The molecule has 0 spiro atoms. The smallest absolute Gasteiger partial charge is 0.335 e. The lowest BCUT2D eigenvalue weighted by molar-refractivity contribution is -0.0653. The number of carboxylic acid groups (broad SMARTS) is 1. The molecule has 37 heavy (non-hydrogen) atoms. The van der Waals surface area contributed by atoms with E-state index in [1.54, 1.807) is 6.07 Å². The molecule has 204 valence electrons. The Morgan fingerprint density at radius 2 is 1.81 bits per heavy atom. The van der Waals surface area contributed by atoms with Gasteiger partial charge in [0.2, 0.25) is 0 Å². The fourth-order valence-corrected chi connectivity index (χ4v) is 10.2. The molecule has 3 fully saturated rings. The van der Waals surface area contributed by atoms with E-state index >= 15 is 0 Å². The van der Waals surface area contributed by atoms with Crippen LogP contribution in [-0.2, 0) is 0 Å². The zero-order valence-corrected chi connectivity index (χ0v) is 23.9. The van der Waals surface area contributed by atoms with Gasteiger partial charge in [-0.05, 0) is 109 Å². The number of hydrogen-bond donors (Lipinski definition) is 2. The van der Waals surface area contributed by atoms with Gasteiger partial charge in [0.05, 0.1) is 11.7 Å². The van der Waals surface area contributed by atoms with Gasteiger partial charge >= 0.3 is 5.97 Å². The molecule has 3 heteroatoms. The number of aliphatic hydroxyl groups excluding tert-OH is 1. The van der Waals surface area contributed by atoms with Crippen LogP contribution in [0.25, 0.3) is 0 Å². The van der Waals surface area contributed by atoms with Crippen LogP contribution in [0, 0.1) is 46.3 Å². The van der Waals surface area contributed by atoms with Crippen molar-refractivity contribution in [2.45, 2.75) is 111 Å². The number of aliphatic hydroxyl groups is 1. The summed E-state index contributed by atoms with van der Waals surface area (Å²) in [6.07, 6.45) is 14.0. The van der Waals surface area contributed by atoms with Crippen LogP contribution in [0.2, 0.25) is 0 Å². The number of rotatable bonds is 7. The van der Waals surface area contributed by atoms with Crippen molar-refractivity contribution in [2.24, 2.45) is 46.3 Å². The summed E-state index contributed by atoms with van der Waals surface area (Å²) in [5.41, 5.74) is 3.11. The predicted octanol–water partition coefficient (Wildman–Crippen LogP) is 8.48. The standard InChI is InChI=1S/C34H50O3/c1-21(2)9-8-10-22(3)28-15-16-29-27-14-13-23-19-24(35)20-31(25-11-6-7-12-26(25)32(36)37)34(23,5)30(27)17-18-33(28,29)4/h6-7,11-13,21-22,24,27-31,35H,8-10,14-20H2,1-5H3,(H,36,37)/t22-,24-,27+,28-,29+,30+,31?,33-,34+/m1/s1. The highest BCUT2D eigenvalue weighted by molar-refractivity contribution is 5.89. The van der Waals surface area contributed by atoms with Crippen LogP contribution in [0.3, 0.4) is 0 Å². The van der Waals surface area contributed by atoms with E-state index in [0.717, 1.165) is 42.1 Å². The third-order valence-electron chi connectivity index (χ3n) is 12.0. The van der Waals surface area contributed by atoms with E-state index < -0.39 is 5.97 Å². The second kappa shape index (κ2) is 10.2. The topological polar surface area (TPSA) is 57.5 Å². The van der Waals surface area contributed by atoms with Crippen molar-refractivity contribution < 1.29 is 15.0 Å². The molecule has 2 N–H and O–H groups in total. The number of carbonyl (C=O) groups is 1. The van der Waals surface area contributed by atoms with E-state index in [1.165, 1.54) is 50.5 Å². The van der Waals surface area contributed by atoms with Gasteiger partial charge in [-0.1, -0.05) is 83.7 Å². The zero-order chi connectivity index (χ0) is 26.5. The van der Waals surface area contributed by atoms with E-state index in [9.17, 15) is 15.0 Å². The molecule has 4 aliphatic rings. The minimum absolute atomic E-state index is 0.0547. The van der Waals surface area contributed by atoms with E-state index in [4.69, 9.17) is 0 Å². The number of benzene rings is 1. The maximum absolute atomic E-state index is 12.2. The molecule has 1 aromatic carbocycles. The van der Waals surface area contributed by atoms with Gasteiger partial charge < -0.3 is 10.2 Å². The summed E-state index contributed by atoms with van der Waals surface area (Å²) in [5.74, 6) is 3.65. The van der Waals surface area contributed by atoms with Crippen molar-refractivity contribution in [3.8, 4) is 0 Å². The van der Waals surface area contributed by atoms with Crippen molar-refractivity contribution in [3.05, 3.63) is 47.0 Å². The van der Waals surface area contributed by atoms with Gasteiger partial charge in [-0.2, -0.15) is 0 Å². The monoisotopic (exact) mass is 506 g/mol. The summed E-state index contributed by atoms with van der Waals surface area (Å²) in [4.78, 5) is 12.2. The Morgan fingerprint density at radius 3 is 2.54 bits per heavy atom. The normalized spacial score (nSPS) is 39.9. The molecule has 1 aromatic rings. The maximum Gasteiger partial charge on any atom is 0.335 e. The molecule has 0 saturated heterocycles. The first-order chi connectivity index (χ1) is 17.6. The van der Waals surface area contributed by atoms with E-state index in [0.29, 0.717) is 29.2 Å². The van der Waals surface area contributed by atoms with Gasteiger partial charge in [-0.25, -0.2) is 4.79 Å². The molecule has 3 saturated carbocycles. The van der Waals surface area contributed by atoms with Crippen LogP contribution in [0.5, 0.6) is 0 Å². The van der Waals surface area contributed by atoms with Crippen LogP contribution in [-0.4, -0.2) is 22.3 Å². The van der Waals surface area contributed by atoms with Crippen LogP contribution in [0.4, 0.5) is 0 Å². The lowest BCUT2D eigenvalue weighted by atomic mass is 9.44. The molecule has 0 amide bonds. The average molecular weight is 507 g/mol. The maximum atomic E-state index is 12.2. The summed E-state index contributed by atoms with van der Waals surface area (Å²) < 4.78 is 0. The lowest BCUT2D eigenvalue weighted by Crippen LogP contribution is -2.53. The summed E-state index contributed by atoms with van der Waals surface area (Å²) in [6, 6.07) is 7.60. The minimum Gasteiger partial charge on any atom is -0.478 e. The minimum atomic E-state index is -0.849. The summed E-state index contributed by atoms with van der Waals surface area (Å²) in [7, 11) is 0. The Morgan fingerprint density at radius 1 is 1.05 bits per heavy atom. The van der Waals surface area contributed by atoms with E-state index in [1.807, 2.05) is 18.2 Å². The third kappa shape index (κ3) is 4.52. The first-order valence-corrected chi connectivity index (χ1v) is 15.3. The van der Waals surface area contributed by atoms with Crippen molar-refractivity contribution in [3.63, 3.8) is 0 Å². The fourth-order valence-electron chi connectivity index (χ4n) is 10.2. The number of hydrogen-bond acceptors (Lipinski definition) is 2. The van der Waals surface area contributed by atoms with Crippen molar-refractivity contribution in [1.82, 2.24) is 0 Å². The van der Waals surface area contributed by atoms with Gasteiger partial charge in [-0.3, -0.25) is 0 Å². The molecule has 0 aromatic heterocycles.